The van der Waals surface area contributed by atoms with Crippen molar-refractivity contribution in [2.45, 2.75) is 76.1 Å². The van der Waals surface area contributed by atoms with Crippen LogP contribution >= 0.6 is 11.6 Å². The quantitative estimate of drug-likeness (QED) is 0.382. The Morgan fingerprint density at radius 2 is 1.93 bits per heavy atom. The van der Waals surface area contributed by atoms with Gasteiger partial charge in [0.1, 0.15) is 6.17 Å². The van der Waals surface area contributed by atoms with E-state index in [1.54, 1.807) is 50.1 Å². The molecule has 1 saturated heterocycles. The van der Waals surface area contributed by atoms with Crippen LogP contribution in [0.25, 0.3) is 0 Å². The van der Waals surface area contributed by atoms with E-state index in [0.717, 1.165) is 0 Å². The minimum atomic E-state index is -2.26. The summed E-state index contributed by atoms with van der Waals surface area (Å²) in [6.45, 7) is 6.86. The molecule has 0 bridgehead atoms. The van der Waals surface area contributed by atoms with E-state index in [2.05, 4.69) is 5.92 Å². The third kappa shape index (κ3) is 3.61. The highest BCUT2D eigenvalue weighted by atomic mass is 35.5. The van der Waals surface area contributed by atoms with Crippen LogP contribution in [0.2, 0.25) is 5.02 Å². The SMILES string of the molecule is C#CC(C)(C)OC(=O)[C@@]12ON(c3ccc(Cl)cc3)C[C@@H]1C[C@H]1[C@@H]3C[C@H](F)C4=CC(=O)C=C[C@]4(C)[C@@]3(F)[C@@H](O)C[C@@]12C. The standard InChI is InChI=1S/C32H34ClF2NO5/c1-6-28(2,3)40-27(39)32-18(17-36(41-32)20-9-7-19(33)8-10-20)13-22-23-15-25(34)24-14-21(37)11-12-29(24,4)31(23,35)26(38)16-30(22,32)5/h1,7-12,14,18,22-23,25-26,38H,13,15-17H2,2-5H3/t18-,22-,23-,25-,26-,29-,30-,31-,32-/m0/s1. The minimum absolute atomic E-state index is 0.0552. The van der Waals surface area contributed by atoms with Crippen molar-refractivity contribution in [3.8, 4) is 12.3 Å². The zero-order valence-electron chi connectivity index (χ0n) is 23.5. The number of anilines is 1. The number of halogens is 3. The Bertz CT molecular complexity index is 1420. The fraction of sp³-hybridized carbons (Fsp3) is 0.562. The maximum atomic E-state index is 17.6. The van der Waals surface area contributed by atoms with Gasteiger partial charge in [-0.15, -0.1) is 6.42 Å². The van der Waals surface area contributed by atoms with Gasteiger partial charge in [0.2, 0.25) is 5.60 Å². The largest absolute Gasteiger partial charge is 0.444 e. The molecule has 0 aromatic heterocycles. The molecule has 3 saturated carbocycles. The summed E-state index contributed by atoms with van der Waals surface area (Å²) in [6.07, 6.45) is 6.31. The van der Waals surface area contributed by atoms with Crippen molar-refractivity contribution in [2.75, 3.05) is 11.6 Å². The van der Waals surface area contributed by atoms with E-state index in [0.29, 0.717) is 17.1 Å². The van der Waals surface area contributed by atoms with Crippen LogP contribution in [0.1, 0.15) is 47.0 Å². The van der Waals surface area contributed by atoms with Crippen molar-refractivity contribution in [1.82, 2.24) is 0 Å². The van der Waals surface area contributed by atoms with Crippen molar-refractivity contribution in [2.24, 2.45) is 28.6 Å². The lowest BCUT2D eigenvalue weighted by Gasteiger charge is -2.63. The highest BCUT2D eigenvalue weighted by Crippen LogP contribution is 2.73. The van der Waals surface area contributed by atoms with Crippen molar-refractivity contribution < 1.29 is 33.1 Å². The van der Waals surface area contributed by atoms with Crippen LogP contribution in [-0.4, -0.2) is 52.6 Å². The van der Waals surface area contributed by atoms with Crippen LogP contribution in [0.5, 0.6) is 0 Å². The van der Waals surface area contributed by atoms with E-state index in [1.807, 2.05) is 6.92 Å². The molecule has 41 heavy (non-hydrogen) atoms. The maximum Gasteiger partial charge on any atom is 0.343 e. The molecule has 6 rings (SSSR count). The number of ether oxygens (including phenoxy) is 1. The molecule has 0 unspecified atom stereocenters. The first-order valence-electron chi connectivity index (χ1n) is 14.0. The molecule has 0 spiro atoms. The number of hydrogen-bond acceptors (Lipinski definition) is 6. The predicted octanol–water partition coefficient (Wildman–Crippen LogP) is 5.33. The fourth-order valence-electron chi connectivity index (χ4n) is 8.69. The van der Waals surface area contributed by atoms with Gasteiger partial charge in [-0.2, -0.15) is 0 Å². The predicted molar refractivity (Wildman–Crippen MR) is 149 cm³/mol. The van der Waals surface area contributed by atoms with E-state index in [-0.39, 0.29) is 25.0 Å². The van der Waals surface area contributed by atoms with Crippen molar-refractivity contribution in [3.05, 3.63) is 53.1 Å². The number of rotatable bonds is 3. The lowest BCUT2D eigenvalue weighted by Crippen LogP contribution is -2.70. The molecule has 4 aliphatic carbocycles. The zero-order chi connectivity index (χ0) is 29.8. The third-order valence-electron chi connectivity index (χ3n) is 10.7. The summed E-state index contributed by atoms with van der Waals surface area (Å²) in [5.74, 6) is -0.547. The topological polar surface area (TPSA) is 76.1 Å². The first-order valence-corrected chi connectivity index (χ1v) is 14.4. The number of esters is 1. The van der Waals surface area contributed by atoms with Crippen LogP contribution in [0.15, 0.2) is 48.1 Å². The number of carbonyl (C=O) groups is 2. The average molecular weight is 586 g/mol. The van der Waals surface area contributed by atoms with Gasteiger partial charge in [-0.05, 0) is 87.9 Å². The van der Waals surface area contributed by atoms with Crippen molar-refractivity contribution in [3.63, 3.8) is 0 Å². The van der Waals surface area contributed by atoms with Gasteiger partial charge in [0.05, 0.1) is 18.3 Å². The number of alkyl halides is 2. The molecule has 218 valence electrons. The second-order valence-corrected chi connectivity index (χ2v) is 13.6. The number of hydrogen-bond donors (Lipinski definition) is 1. The summed E-state index contributed by atoms with van der Waals surface area (Å²) < 4.78 is 39.3. The van der Waals surface area contributed by atoms with Crippen LogP contribution in [0, 0.1) is 40.9 Å². The zero-order valence-corrected chi connectivity index (χ0v) is 24.3. The Morgan fingerprint density at radius 1 is 1.24 bits per heavy atom. The summed E-state index contributed by atoms with van der Waals surface area (Å²) in [6, 6.07) is 6.97. The minimum Gasteiger partial charge on any atom is -0.444 e. The van der Waals surface area contributed by atoms with Gasteiger partial charge in [-0.3, -0.25) is 14.7 Å². The van der Waals surface area contributed by atoms with Gasteiger partial charge in [0, 0.05) is 27.7 Å². The third-order valence-corrected chi connectivity index (χ3v) is 11.0. The highest BCUT2D eigenvalue weighted by molar-refractivity contribution is 6.30. The van der Waals surface area contributed by atoms with Gasteiger partial charge >= 0.3 is 5.97 Å². The molecule has 0 amide bonds. The maximum absolute atomic E-state index is 17.6. The second kappa shape index (κ2) is 8.89. The lowest BCUT2D eigenvalue weighted by molar-refractivity contribution is -0.238. The first kappa shape index (κ1) is 28.4. The summed E-state index contributed by atoms with van der Waals surface area (Å²) in [4.78, 5) is 33.0. The Labute approximate surface area is 243 Å². The molecule has 4 fully saturated rings. The molecule has 6 nitrogen and oxygen atoms in total. The summed E-state index contributed by atoms with van der Waals surface area (Å²) in [5.41, 5.74) is -7.05. The number of terminal acetylenes is 1. The van der Waals surface area contributed by atoms with Gasteiger partial charge < -0.3 is 9.84 Å². The number of benzene rings is 1. The van der Waals surface area contributed by atoms with Crippen LogP contribution in [0.4, 0.5) is 14.5 Å². The number of carbonyl (C=O) groups excluding carboxylic acids is 2. The molecule has 1 aromatic rings. The number of fused-ring (bicyclic) bond motifs is 7. The Balaban J connectivity index is 1.46. The molecule has 1 N–H and O–H groups in total. The number of hydroxylamine groups is 1. The number of aliphatic hydroxyl groups is 1. The Hall–Kier alpha value is -2.73. The van der Waals surface area contributed by atoms with Crippen LogP contribution < -0.4 is 5.06 Å². The smallest absolute Gasteiger partial charge is 0.343 e. The molecule has 9 atom stereocenters. The summed E-state index contributed by atoms with van der Waals surface area (Å²) in [7, 11) is 0. The Kier molecular flexibility index (Phi) is 6.16. The Morgan fingerprint density at radius 3 is 2.59 bits per heavy atom. The van der Waals surface area contributed by atoms with E-state index < -0.39 is 69.5 Å². The van der Waals surface area contributed by atoms with Crippen molar-refractivity contribution in [1.29, 1.82) is 0 Å². The number of ketones is 1. The molecule has 1 heterocycles. The second-order valence-electron chi connectivity index (χ2n) is 13.2. The van der Waals surface area contributed by atoms with Crippen molar-refractivity contribution >= 4 is 29.0 Å². The van der Waals surface area contributed by atoms with E-state index in [4.69, 9.17) is 27.6 Å². The average Bonchev–Trinajstić information content (AvgIpc) is 3.41. The fourth-order valence-corrected chi connectivity index (χ4v) is 8.81. The molecular weight excluding hydrogens is 552 g/mol. The highest BCUT2D eigenvalue weighted by Gasteiger charge is 2.80. The van der Waals surface area contributed by atoms with Gasteiger partial charge in [0.25, 0.3) is 0 Å². The first-order chi connectivity index (χ1) is 19.1. The van der Waals surface area contributed by atoms with Gasteiger partial charge in [-0.25, -0.2) is 13.6 Å². The van der Waals surface area contributed by atoms with Crippen LogP contribution in [-0.2, 0) is 19.2 Å². The van der Waals surface area contributed by atoms with E-state index in [9.17, 15) is 14.7 Å². The molecule has 1 aromatic carbocycles. The molecule has 1 aliphatic heterocycles. The molecular formula is C32H34ClF2NO5. The number of allylic oxidation sites excluding steroid dienone is 4. The normalized spacial score (nSPS) is 42.9. The molecule has 0 radical (unpaired) electrons. The van der Waals surface area contributed by atoms with E-state index >= 15 is 8.78 Å². The molecule has 5 aliphatic rings. The van der Waals surface area contributed by atoms with Crippen LogP contribution in [0.3, 0.4) is 0 Å². The summed E-state index contributed by atoms with van der Waals surface area (Å²) in [5, 5.41) is 13.9. The van der Waals surface area contributed by atoms with Gasteiger partial charge in [-0.1, -0.05) is 30.5 Å². The lowest BCUT2D eigenvalue weighted by atomic mass is 9.44. The molecule has 9 heteroatoms. The van der Waals surface area contributed by atoms with Gasteiger partial charge in [0.15, 0.2) is 17.1 Å². The summed E-state index contributed by atoms with van der Waals surface area (Å²) >= 11 is 6.09. The van der Waals surface area contributed by atoms with E-state index in [1.165, 1.54) is 18.2 Å². The monoisotopic (exact) mass is 585 g/mol. The number of nitrogens with zero attached hydrogens (tertiary/aromatic N) is 1. The number of aliphatic hydroxyl groups excluding tert-OH is 1.